The van der Waals surface area contributed by atoms with Crippen molar-refractivity contribution >= 4 is 23.6 Å². The Balaban J connectivity index is 1.72. The highest BCUT2D eigenvalue weighted by atomic mass is 32.2. The summed E-state index contributed by atoms with van der Waals surface area (Å²) in [5.74, 6) is 1.82. The zero-order chi connectivity index (χ0) is 24.3. The number of carbonyl (C=O) groups excluding carboxylic acids is 2. The first-order valence-corrected chi connectivity index (χ1v) is 13.5. The van der Waals surface area contributed by atoms with Gasteiger partial charge in [0.05, 0.1) is 12.9 Å². The van der Waals surface area contributed by atoms with Crippen LogP contribution in [0.3, 0.4) is 0 Å². The average Bonchev–Trinajstić information content (AvgIpc) is 2.84. The molecule has 1 aliphatic rings. The van der Waals surface area contributed by atoms with Gasteiger partial charge in [-0.25, -0.2) is 0 Å². The molecular weight excluding hydrogens is 444 g/mol. The smallest absolute Gasteiger partial charge is 0.243 e. The second-order valence-corrected chi connectivity index (χ2v) is 10.1. The Kier molecular flexibility index (Phi) is 10.3. The summed E-state index contributed by atoms with van der Waals surface area (Å²) in [4.78, 5) is 28.5. The van der Waals surface area contributed by atoms with Gasteiger partial charge in [-0.1, -0.05) is 68.1 Å². The average molecular weight is 483 g/mol. The van der Waals surface area contributed by atoms with E-state index in [1.54, 1.807) is 23.8 Å². The van der Waals surface area contributed by atoms with Crippen LogP contribution in [-0.4, -0.2) is 41.7 Å². The van der Waals surface area contributed by atoms with Gasteiger partial charge in [0.1, 0.15) is 11.8 Å². The summed E-state index contributed by atoms with van der Waals surface area (Å²) in [5, 5.41) is 3.24. The molecule has 2 aromatic rings. The molecule has 0 aromatic heterocycles. The lowest BCUT2D eigenvalue weighted by molar-refractivity contribution is -0.139. The number of carbonyl (C=O) groups is 2. The summed E-state index contributed by atoms with van der Waals surface area (Å²) in [6.07, 6.45) is 6.18. The predicted octanol–water partition coefficient (Wildman–Crippen LogP) is 5.49. The molecule has 1 fully saturated rings. The molecule has 0 radical (unpaired) electrons. The van der Waals surface area contributed by atoms with Crippen molar-refractivity contribution in [2.75, 3.05) is 12.9 Å². The third kappa shape index (κ3) is 7.79. The monoisotopic (exact) mass is 482 g/mol. The topological polar surface area (TPSA) is 58.6 Å². The molecule has 0 unspecified atom stereocenters. The second kappa shape index (κ2) is 13.4. The zero-order valence-electron chi connectivity index (χ0n) is 20.7. The Labute approximate surface area is 208 Å². The van der Waals surface area contributed by atoms with Crippen molar-refractivity contribution in [1.82, 2.24) is 10.2 Å². The molecule has 1 aliphatic carbocycles. The highest BCUT2D eigenvalue weighted by molar-refractivity contribution is 7.99. The minimum atomic E-state index is -0.486. The number of rotatable bonds is 11. The quantitative estimate of drug-likeness (QED) is 0.460. The molecular formula is C28H38N2O3S. The van der Waals surface area contributed by atoms with Gasteiger partial charge in [-0.15, -0.1) is 11.8 Å². The minimum absolute atomic E-state index is 0.00822. The Morgan fingerprint density at radius 2 is 1.82 bits per heavy atom. The number of nitrogens with one attached hydrogen (secondary N) is 1. The molecule has 1 atom stereocenters. The molecule has 0 heterocycles. The van der Waals surface area contributed by atoms with Crippen molar-refractivity contribution in [2.24, 2.45) is 0 Å². The molecule has 0 bridgehead atoms. The fourth-order valence-corrected chi connectivity index (χ4v) is 5.43. The SMILES string of the molecule is CC[C@H](C(=O)NC1CCCCC1)N(Cc1cccc(OC)c1)C(=O)CSCc1cccc(C)c1. The number of ether oxygens (including phenoxy) is 1. The van der Waals surface area contributed by atoms with E-state index in [4.69, 9.17) is 4.74 Å². The molecule has 3 rings (SSSR count). The van der Waals surface area contributed by atoms with E-state index in [9.17, 15) is 9.59 Å². The Morgan fingerprint density at radius 3 is 2.53 bits per heavy atom. The van der Waals surface area contributed by atoms with Gasteiger partial charge in [0.2, 0.25) is 11.8 Å². The van der Waals surface area contributed by atoms with Gasteiger partial charge in [0.15, 0.2) is 0 Å². The Morgan fingerprint density at radius 1 is 1.09 bits per heavy atom. The predicted molar refractivity (Wildman–Crippen MR) is 140 cm³/mol. The number of aryl methyl sites for hydroxylation is 1. The van der Waals surface area contributed by atoms with E-state index in [0.29, 0.717) is 18.7 Å². The summed E-state index contributed by atoms with van der Waals surface area (Å²) in [6.45, 7) is 4.44. The van der Waals surface area contributed by atoms with Crippen LogP contribution in [0.5, 0.6) is 5.75 Å². The van der Waals surface area contributed by atoms with Crippen LogP contribution in [0.4, 0.5) is 0 Å². The first-order chi connectivity index (χ1) is 16.5. The van der Waals surface area contributed by atoms with E-state index in [-0.39, 0.29) is 17.9 Å². The Hall–Kier alpha value is -2.47. The number of amides is 2. The number of hydrogen-bond acceptors (Lipinski definition) is 4. The van der Waals surface area contributed by atoms with Crippen LogP contribution in [0.15, 0.2) is 48.5 Å². The van der Waals surface area contributed by atoms with Gasteiger partial charge < -0.3 is 15.0 Å². The van der Waals surface area contributed by atoms with Gasteiger partial charge >= 0.3 is 0 Å². The van der Waals surface area contributed by atoms with Crippen LogP contribution in [0, 0.1) is 6.92 Å². The van der Waals surface area contributed by atoms with Crippen LogP contribution < -0.4 is 10.1 Å². The van der Waals surface area contributed by atoms with Crippen molar-refractivity contribution in [3.63, 3.8) is 0 Å². The van der Waals surface area contributed by atoms with Gasteiger partial charge in [-0.05, 0) is 49.4 Å². The first kappa shape index (κ1) is 26.1. The molecule has 6 heteroatoms. The maximum Gasteiger partial charge on any atom is 0.243 e. The molecule has 5 nitrogen and oxygen atoms in total. The van der Waals surface area contributed by atoms with E-state index in [2.05, 4.69) is 30.4 Å². The largest absolute Gasteiger partial charge is 0.497 e. The van der Waals surface area contributed by atoms with Crippen molar-refractivity contribution in [2.45, 2.75) is 76.8 Å². The second-order valence-electron chi connectivity index (χ2n) is 9.12. The molecule has 2 aromatic carbocycles. The molecule has 0 spiro atoms. The summed E-state index contributed by atoms with van der Waals surface area (Å²) in [6, 6.07) is 15.8. The number of nitrogens with zero attached hydrogens (tertiary/aromatic N) is 1. The van der Waals surface area contributed by atoms with Crippen molar-refractivity contribution < 1.29 is 14.3 Å². The molecule has 184 valence electrons. The Bertz CT molecular complexity index is 943. The lowest BCUT2D eigenvalue weighted by atomic mass is 9.95. The number of benzene rings is 2. The summed E-state index contributed by atoms with van der Waals surface area (Å²) >= 11 is 1.60. The first-order valence-electron chi connectivity index (χ1n) is 12.4. The van der Waals surface area contributed by atoms with Crippen LogP contribution in [0.25, 0.3) is 0 Å². The normalized spacial score (nSPS) is 14.9. The van der Waals surface area contributed by atoms with Gasteiger partial charge in [-0.3, -0.25) is 9.59 Å². The highest BCUT2D eigenvalue weighted by Crippen LogP contribution is 2.21. The third-order valence-electron chi connectivity index (χ3n) is 6.40. The van der Waals surface area contributed by atoms with Crippen molar-refractivity contribution in [3.05, 3.63) is 65.2 Å². The van der Waals surface area contributed by atoms with Crippen LogP contribution in [0.2, 0.25) is 0 Å². The number of thioether (sulfide) groups is 1. The number of hydrogen-bond donors (Lipinski definition) is 1. The molecule has 1 saturated carbocycles. The third-order valence-corrected chi connectivity index (χ3v) is 7.39. The van der Waals surface area contributed by atoms with E-state index in [1.165, 1.54) is 17.5 Å². The molecule has 1 N–H and O–H groups in total. The molecule has 0 aliphatic heterocycles. The van der Waals surface area contributed by atoms with Crippen LogP contribution in [0.1, 0.15) is 62.1 Å². The van der Waals surface area contributed by atoms with E-state index in [1.807, 2.05) is 37.3 Å². The highest BCUT2D eigenvalue weighted by Gasteiger charge is 2.30. The maximum atomic E-state index is 13.5. The summed E-state index contributed by atoms with van der Waals surface area (Å²) < 4.78 is 5.37. The van der Waals surface area contributed by atoms with Crippen molar-refractivity contribution in [3.8, 4) is 5.75 Å². The van der Waals surface area contributed by atoms with E-state index < -0.39 is 6.04 Å². The summed E-state index contributed by atoms with van der Waals surface area (Å²) in [7, 11) is 1.64. The van der Waals surface area contributed by atoms with E-state index >= 15 is 0 Å². The fraction of sp³-hybridized carbons (Fsp3) is 0.500. The summed E-state index contributed by atoms with van der Waals surface area (Å²) in [5.41, 5.74) is 3.38. The van der Waals surface area contributed by atoms with Gasteiger partial charge in [-0.2, -0.15) is 0 Å². The molecule has 0 saturated heterocycles. The van der Waals surface area contributed by atoms with Crippen molar-refractivity contribution in [1.29, 1.82) is 0 Å². The van der Waals surface area contributed by atoms with E-state index in [0.717, 1.165) is 42.7 Å². The fourth-order valence-electron chi connectivity index (χ4n) is 4.57. The maximum absolute atomic E-state index is 13.5. The van der Waals surface area contributed by atoms with Gasteiger partial charge in [0.25, 0.3) is 0 Å². The number of methoxy groups -OCH3 is 1. The standard InChI is InChI=1S/C28H38N2O3S/c1-4-26(28(32)29-24-13-6-5-7-14-24)30(18-22-11-9-15-25(17-22)33-3)27(31)20-34-19-23-12-8-10-21(2)16-23/h8-12,15-17,24,26H,4-7,13-14,18-20H2,1-3H3,(H,29,32)/t26-/m1/s1. The van der Waals surface area contributed by atoms with Crippen LogP contribution in [-0.2, 0) is 21.9 Å². The molecule has 2 amide bonds. The lowest BCUT2D eigenvalue weighted by Gasteiger charge is -2.32. The van der Waals surface area contributed by atoms with Gasteiger partial charge in [0, 0.05) is 18.3 Å². The minimum Gasteiger partial charge on any atom is -0.497 e. The molecule has 34 heavy (non-hydrogen) atoms. The zero-order valence-corrected chi connectivity index (χ0v) is 21.5. The van der Waals surface area contributed by atoms with Crippen LogP contribution >= 0.6 is 11.8 Å². The lowest BCUT2D eigenvalue weighted by Crippen LogP contribution is -2.52.